The predicted molar refractivity (Wildman–Crippen MR) is 42.6 cm³/mol. The maximum absolute atomic E-state index is 10.4. The molecule has 1 aliphatic rings. The van der Waals surface area contributed by atoms with Crippen molar-refractivity contribution in [2.24, 2.45) is 0 Å². The van der Waals surface area contributed by atoms with E-state index in [4.69, 9.17) is 16.9 Å². The van der Waals surface area contributed by atoms with Gasteiger partial charge in [0.2, 0.25) is 0 Å². The average molecular weight is 178 g/mol. The summed E-state index contributed by atoms with van der Waals surface area (Å²) in [5, 5.41) is 8.53. The van der Waals surface area contributed by atoms with Gasteiger partial charge in [0, 0.05) is 11.8 Å². The van der Waals surface area contributed by atoms with E-state index < -0.39 is 6.09 Å². The van der Waals surface area contributed by atoms with Gasteiger partial charge >= 0.3 is 6.09 Å². The molecular weight excluding hydrogens is 166 g/mol. The Bertz CT molecular complexity index is 145. The van der Waals surface area contributed by atoms with E-state index in [1.165, 1.54) is 6.42 Å². The molecule has 1 amide bonds. The molecule has 1 N–H and O–H groups in total. The second kappa shape index (κ2) is 3.81. The molecule has 11 heavy (non-hydrogen) atoms. The normalized spacial score (nSPS) is 19.7. The highest BCUT2D eigenvalue weighted by atomic mass is 35.5. The van der Waals surface area contributed by atoms with Gasteiger partial charge < -0.3 is 5.11 Å². The molecule has 0 saturated heterocycles. The Kier molecular flexibility index (Phi) is 3.00. The zero-order chi connectivity index (χ0) is 8.27. The van der Waals surface area contributed by atoms with Crippen LogP contribution in [-0.2, 0) is 0 Å². The predicted octanol–water partition coefficient (Wildman–Crippen LogP) is 2.45. The van der Waals surface area contributed by atoms with Gasteiger partial charge in [0.25, 0.3) is 0 Å². The molecule has 1 saturated carbocycles. The third-order valence-corrected chi connectivity index (χ3v) is 2.50. The number of carboxylic acid groups (broad SMARTS) is 1. The quantitative estimate of drug-likeness (QED) is 0.625. The first-order chi connectivity index (χ1) is 5.22. The Labute approximate surface area is 71.1 Å². The van der Waals surface area contributed by atoms with Crippen molar-refractivity contribution in [1.29, 1.82) is 0 Å². The van der Waals surface area contributed by atoms with Crippen molar-refractivity contribution in [1.82, 2.24) is 4.42 Å². The first-order valence-corrected chi connectivity index (χ1v) is 4.23. The van der Waals surface area contributed by atoms with Gasteiger partial charge in [-0.05, 0) is 12.8 Å². The zero-order valence-electron chi connectivity index (χ0n) is 6.29. The monoisotopic (exact) mass is 177 g/mol. The Balaban J connectivity index is 2.38. The van der Waals surface area contributed by atoms with E-state index in [1.807, 2.05) is 0 Å². The van der Waals surface area contributed by atoms with Crippen LogP contribution < -0.4 is 0 Å². The largest absolute Gasteiger partial charge is 0.464 e. The molecule has 0 radical (unpaired) electrons. The SMILES string of the molecule is O=C(O)N(Cl)C1CCCCC1. The second-order valence-corrected chi connectivity index (χ2v) is 3.25. The molecule has 0 aromatic carbocycles. The molecular formula is C7H12ClNO2. The molecule has 0 bridgehead atoms. The summed E-state index contributed by atoms with van der Waals surface area (Å²) < 4.78 is 0.916. The summed E-state index contributed by atoms with van der Waals surface area (Å²) in [5.74, 6) is 0. The van der Waals surface area contributed by atoms with Gasteiger partial charge in [-0.2, -0.15) is 0 Å². The van der Waals surface area contributed by atoms with Gasteiger partial charge in [-0.15, -0.1) is 0 Å². The van der Waals surface area contributed by atoms with Crippen LogP contribution in [0.5, 0.6) is 0 Å². The van der Waals surface area contributed by atoms with E-state index in [0.29, 0.717) is 0 Å². The maximum atomic E-state index is 10.4. The highest BCUT2D eigenvalue weighted by Crippen LogP contribution is 2.23. The first kappa shape index (κ1) is 8.65. The second-order valence-electron chi connectivity index (χ2n) is 2.89. The van der Waals surface area contributed by atoms with Gasteiger partial charge in [0.1, 0.15) is 0 Å². The average Bonchev–Trinajstić information content (AvgIpc) is 2.05. The molecule has 4 heteroatoms. The van der Waals surface area contributed by atoms with E-state index in [2.05, 4.69) is 0 Å². The van der Waals surface area contributed by atoms with Crippen molar-refractivity contribution in [3.8, 4) is 0 Å². The summed E-state index contributed by atoms with van der Waals surface area (Å²) in [4.78, 5) is 10.4. The molecule has 0 atom stereocenters. The molecule has 1 rings (SSSR count). The number of hydrogen-bond donors (Lipinski definition) is 1. The van der Waals surface area contributed by atoms with Gasteiger partial charge in [0.15, 0.2) is 0 Å². The number of halogens is 1. The Morgan fingerprint density at radius 3 is 2.36 bits per heavy atom. The smallest absolute Gasteiger partial charge is 0.422 e. The minimum Gasteiger partial charge on any atom is -0.464 e. The summed E-state index contributed by atoms with van der Waals surface area (Å²) in [6.45, 7) is 0. The molecule has 64 valence electrons. The lowest BCUT2D eigenvalue weighted by Crippen LogP contribution is -2.33. The van der Waals surface area contributed by atoms with E-state index in [9.17, 15) is 4.79 Å². The Morgan fingerprint density at radius 1 is 1.36 bits per heavy atom. The number of nitrogens with zero attached hydrogens (tertiary/aromatic N) is 1. The summed E-state index contributed by atoms with van der Waals surface area (Å²) >= 11 is 5.53. The van der Waals surface area contributed by atoms with Gasteiger partial charge in [0.05, 0.1) is 6.04 Å². The van der Waals surface area contributed by atoms with Gasteiger partial charge in [-0.3, -0.25) is 0 Å². The molecule has 0 aromatic heterocycles. The molecule has 3 nitrogen and oxygen atoms in total. The van der Waals surface area contributed by atoms with Crippen LogP contribution in [0.15, 0.2) is 0 Å². The van der Waals surface area contributed by atoms with Crippen LogP contribution in [0, 0.1) is 0 Å². The number of amides is 1. The summed E-state index contributed by atoms with van der Waals surface area (Å²) in [6, 6.07) is 0.0444. The van der Waals surface area contributed by atoms with Crippen molar-refractivity contribution in [3.63, 3.8) is 0 Å². The first-order valence-electron chi connectivity index (χ1n) is 3.90. The summed E-state index contributed by atoms with van der Waals surface area (Å²) in [7, 11) is 0. The molecule has 0 heterocycles. The van der Waals surface area contributed by atoms with Crippen molar-refractivity contribution in [2.75, 3.05) is 0 Å². The minimum absolute atomic E-state index is 0.0444. The topological polar surface area (TPSA) is 40.5 Å². The van der Waals surface area contributed by atoms with Crippen LogP contribution in [0.1, 0.15) is 32.1 Å². The lowest BCUT2D eigenvalue weighted by atomic mass is 9.96. The third-order valence-electron chi connectivity index (χ3n) is 2.08. The fourth-order valence-corrected chi connectivity index (χ4v) is 1.66. The lowest BCUT2D eigenvalue weighted by molar-refractivity contribution is 0.153. The Hall–Kier alpha value is -0.440. The van der Waals surface area contributed by atoms with Crippen molar-refractivity contribution >= 4 is 17.9 Å². The lowest BCUT2D eigenvalue weighted by Gasteiger charge is -2.26. The van der Waals surface area contributed by atoms with Crippen LogP contribution in [0.2, 0.25) is 0 Å². The van der Waals surface area contributed by atoms with Crippen LogP contribution in [0.3, 0.4) is 0 Å². The van der Waals surface area contributed by atoms with Crippen LogP contribution in [0.4, 0.5) is 4.79 Å². The minimum atomic E-state index is -1.03. The molecule has 0 spiro atoms. The summed E-state index contributed by atoms with van der Waals surface area (Å²) in [6.07, 6.45) is 4.20. The fourth-order valence-electron chi connectivity index (χ4n) is 1.46. The molecule has 1 fully saturated rings. The fraction of sp³-hybridized carbons (Fsp3) is 0.857. The summed E-state index contributed by atoms with van der Waals surface area (Å²) in [5.41, 5.74) is 0. The maximum Gasteiger partial charge on any atom is 0.422 e. The van der Waals surface area contributed by atoms with E-state index in [0.717, 1.165) is 30.1 Å². The van der Waals surface area contributed by atoms with E-state index in [1.54, 1.807) is 0 Å². The van der Waals surface area contributed by atoms with Crippen molar-refractivity contribution < 1.29 is 9.90 Å². The van der Waals surface area contributed by atoms with Crippen LogP contribution in [0.25, 0.3) is 0 Å². The van der Waals surface area contributed by atoms with Crippen LogP contribution >= 0.6 is 11.8 Å². The number of carbonyl (C=O) groups is 1. The van der Waals surface area contributed by atoms with E-state index >= 15 is 0 Å². The van der Waals surface area contributed by atoms with Crippen molar-refractivity contribution in [2.45, 2.75) is 38.1 Å². The standard InChI is InChI=1S/C7H12ClNO2/c8-9(7(10)11)6-4-2-1-3-5-6/h6H,1-5H2,(H,10,11). The number of rotatable bonds is 1. The third kappa shape index (κ3) is 2.26. The highest BCUT2D eigenvalue weighted by molar-refractivity contribution is 6.20. The van der Waals surface area contributed by atoms with Crippen LogP contribution in [-0.4, -0.2) is 21.7 Å². The molecule has 1 aliphatic carbocycles. The zero-order valence-corrected chi connectivity index (χ0v) is 7.05. The van der Waals surface area contributed by atoms with E-state index in [-0.39, 0.29) is 6.04 Å². The molecule has 0 aromatic rings. The highest BCUT2D eigenvalue weighted by Gasteiger charge is 2.23. The molecule has 0 unspecified atom stereocenters. The van der Waals surface area contributed by atoms with Gasteiger partial charge in [-0.1, -0.05) is 19.3 Å². The number of hydrogen-bond acceptors (Lipinski definition) is 1. The molecule has 0 aliphatic heterocycles. The Morgan fingerprint density at radius 2 is 1.91 bits per heavy atom. The van der Waals surface area contributed by atoms with Crippen molar-refractivity contribution in [3.05, 3.63) is 0 Å². The van der Waals surface area contributed by atoms with Gasteiger partial charge in [-0.25, -0.2) is 9.21 Å².